The van der Waals surface area contributed by atoms with Crippen molar-refractivity contribution in [3.8, 4) is 5.75 Å². The van der Waals surface area contributed by atoms with Gasteiger partial charge in [-0.2, -0.15) is 0 Å². The fourth-order valence-corrected chi connectivity index (χ4v) is 2.44. The summed E-state index contributed by atoms with van der Waals surface area (Å²) in [5.74, 6) is -1.59. The lowest BCUT2D eigenvalue weighted by Crippen LogP contribution is -2.22. The van der Waals surface area contributed by atoms with Crippen LogP contribution in [0.5, 0.6) is 5.75 Å². The summed E-state index contributed by atoms with van der Waals surface area (Å²) in [5.41, 5.74) is 1.44. The summed E-state index contributed by atoms with van der Waals surface area (Å²) < 4.78 is 23.6. The Hall–Kier alpha value is -2.89. The summed E-state index contributed by atoms with van der Waals surface area (Å²) in [6.07, 6.45) is 0.929. The van der Waals surface area contributed by atoms with Crippen LogP contribution >= 0.6 is 0 Å². The molecule has 0 spiro atoms. The van der Waals surface area contributed by atoms with Gasteiger partial charge >= 0.3 is 5.97 Å². The predicted molar refractivity (Wildman–Crippen MR) is 97.0 cm³/mol. The lowest BCUT2D eigenvalue weighted by Gasteiger charge is -2.15. The molecule has 0 radical (unpaired) electrons. The van der Waals surface area contributed by atoms with E-state index >= 15 is 0 Å². The van der Waals surface area contributed by atoms with E-state index in [4.69, 9.17) is 9.47 Å². The Labute approximate surface area is 152 Å². The van der Waals surface area contributed by atoms with Crippen molar-refractivity contribution in [1.82, 2.24) is 0 Å². The highest BCUT2D eigenvalue weighted by atomic mass is 19.1. The van der Waals surface area contributed by atoms with Gasteiger partial charge in [0.2, 0.25) is 0 Å². The molecule has 0 saturated heterocycles. The van der Waals surface area contributed by atoms with Crippen LogP contribution in [0.3, 0.4) is 0 Å². The number of rotatable bonds is 7. The molecule has 5 nitrogen and oxygen atoms in total. The van der Waals surface area contributed by atoms with E-state index in [0.29, 0.717) is 11.4 Å². The molecule has 6 heteroatoms. The van der Waals surface area contributed by atoms with Crippen LogP contribution in [-0.4, -0.2) is 25.6 Å². The second-order valence-electron chi connectivity index (χ2n) is 5.87. The lowest BCUT2D eigenvalue weighted by molar-refractivity contribution is -0.119. The Kier molecular flexibility index (Phi) is 6.72. The van der Waals surface area contributed by atoms with Gasteiger partial charge in [0.1, 0.15) is 11.6 Å². The number of esters is 1. The van der Waals surface area contributed by atoms with E-state index in [-0.39, 0.29) is 11.5 Å². The molecule has 26 heavy (non-hydrogen) atoms. The van der Waals surface area contributed by atoms with Crippen LogP contribution in [0.2, 0.25) is 0 Å². The molecule has 2 aromatic rings. The SMILES string of the molecule is CC[C@@H](C)c1ccccc1NC(=O)COC(=O)c1ccc(OC)cc1F. The fraction of sp³-hybridized carbons (Fsp3) is 0.300. The molecule has 0 aliphatic carbocycles. The van der Waals surface area contributed by atoms with Gasteiger partial charge in [-0.3, -0.25) is 4.79 Å². The van der Waals surface area contributed by atoms with Crippen molar-refractivity contribution in [2.24, 2.45) is 0 Å². The predicted octanol–water partition coefficient (Wildman–Crippen LogP) is 4.14. The number of carbonyl (C=O) groups is 2. The number of hydrogen-bond donors (Lipinski definition) is 1. The number of methoxy groups -OCH3 is 1. The quantitative estimate of drug-likeness (QED) is 0.755. The van der Waals surface area contributed by atoms with E-state index in [0.717, 1.165) is 18.1 Å². The number of amides is 1. The van der Waals surface area contributed by atoms with Crippen LogP contribution in [0.1, 0.15) is 42.1 Å². The minimum atomic E-state index is -0.907. The van der Waals surface area contributed by atoms with Gasteiger partial charge in [0.15, 0.2) is 6.61 Å². The van der Waals surface area contributed by atoms with Crippen molar-refractivity contribution in [2.75, 3.05) is 19.0 Å². The zero-order valence-corrected chi connectivity index (χ0v) is 15.0. The molecular formula is C20H22FNO4. The van der Waals surface area contributed by atoms with Crippen molar-refractivity contribution in [3.63, 3.8) is 0 Å². The van der Waals surface area contributed by atoms with Gasteiger partial charge in [0.25, 0.3) is 5.91 Å². The molecule has 1 atom stereocenters. The Morgan fingerprint density at radius 1 is 1.19 bits per heavy atom. The first-order valence-corrected chi connectivity index (χ1v) is 8.35. The summed E-state index contributed by atoms with van der Waals surface area (Å²) in [5, 5.41) is 2.74. The molecule has 0 heterocycles. The number of hydrogen-bond acceptors (Lipinski definition) is 4. The molecule has 0 unspecified atom stereocenters. The van der Waals surface area contributed by atoms with Crippen LogP contribution in [0.15, 0.2) is 42.5 Å². The Morgan fingerprint density at radius 3 is 2.58 bits per heavy atom. The molecule has 1 amide bonds. The van der Waals surface area contributed by atoms with Gasteiger partial charge in [-0.05, 0) is 36.1 Å². The molecule has 2 aromatic carbocycles. The largest absolute Gasteiger partial charge is 0.497 e. The molecule has 0 aromatic heterocycles. The molecule has 138 valence electrons. The second kappa shape index (κ2) is 8.99. The molecule has 0 saturated carbocycles. The minimum absolute atomic E-state index is 0.251. The summed E-state index contributed by atoms with van der Waals surface area (Å²) in [7, 11) is 1.40. The number of halogens is 1. The number of nitrogens with one attached hydrogen (secondary N) is 1. The van der Waals surface area contributed by atoms with Crippen molar-refractivity contribution < 1.29 is 23.5 Å². The second-order valence-corrected chi connectivity index (χ2v) is 5.87. The average Bonchev–Trinajstić information content (AvgIpc) is 2.65. The van der Waals surface area contributed by atoms with E-state index < -0.39 is 24.3 Å². The highest BCUT2D eigenvalue weighted by Gasteiger charge is 2.16. The number of ether oxygens (including phenoxy) is 2. The highest BCUT2D eigenvalue weighted by Crippen LogP contribution is 2.26. The van der Waals surface area contributed by atoms with Gasteiger partial charge in [-0.25, -0.2) is 9.18 Å². The Morgan fingerprint density at radius 2 is 1.92 bits per heavy atom. The molecule has 0 fully saturated rings. The maximum absolute atomic E-state index is 13.9. The van der Waals surface area contributed by atoms with Gasteiger partial charge < -0.3 is 14.8 Å². The molecule has 0 bridgehead atoms. The molecule has 1 N–H and O–H groups in total. The molecule has 0 aliphatic heterocycles. The first-order valence-electron chi connectivity index (χ1n) is 8.35. The summed E-state index contributed by atoms with van der Waals surface area (Å²) in [6.45, 7) is 3.63. The number of anilines is 1. The summed E-state index contributed by atoms with van der Waals surface area (Å²) in [6, 6.07) is 11.3. The zero-order chi connectivity index (χ0) is 19.1. The van der Waals surface area contributed by atoms with Gasteiger partial charge in [0.05, 0.1) is 12.7 Å². The Balaban J connectivity index is 1.98. The van der Waals surface area contributed by atoms with Crippen molar-refractivity contribution in [2.45, 2.75) is 26.2 Å². The van der Waals surface area contributed by atoms with Gasteiger partial charge in [-0.15, -0.1) is 0 Å². The van der Waals surface area contributed by atoms with Gasteiger partial charge in [-0.1, -0.05) is 32.0 Å². The standard InChI is InChI=1S/C20H22FNO4/c1-4-13(2)15-7-5-6-8-18(15)22-19(23)12-26-20(24)16-10-9-14(25-3)11-17(16)21/h5-11,13H,4,12H2,1-3H3,(H,22,23)/t13-/m1/s1. The van der Waals surface area contributed by atoms with Gasteiger partial charge in [0, 0.05) is 11.8 Å². The van der Waals surface area contributed by atoms with Crippen molar-refractivity contribution >= 4 is 17.6 Å². The van der Waals surface area contributed by atoms with Crippen molar-refractivity contribution in [3.05, 3.63) is 59.4 Å². The molecular weight excluding hydrogens is 337 g/mol. The van der Waals surface area contributed by atoms with E-state index in [2.05, 4.69) is 19.2 Å². The van der Waals surface area contributed by atoms with Crippen LogP contribution in [0.4, 0.5) is 10.1 Å². The third-order valence-electron chi connectivity index (χ3n) is 4.11. The Bertz CT molecular complexity index is 791. The van der Waals surface area contributed by atoms with Crippen LogP contribution < -0.4 is 10.1 Å². The van der Waals surface area contributed by atoms with Crippen LogP contribution in [0.25, 0.3) is 0 Å². The van der Waals surface area contributed by atoms with E-state index in [9.17, 15) is 14.0 Å². The zero-order valence-electron chi connectivity index (χ0n) is 15.0. The first kappa shape index (κ1) is 19.4. The average molecular weight is 359 g/mol. The van der Waals surface area contributed by atoms with E-state index in [1.165, 1.54) is 19.2 Å². The third kappa shape index (κ3) is 4.81. The maximum atomic E-state index is 13.9. The summed E-state index contributed by atoms with van der Waals surface area (Å²) in [4.78, 5) is 24.1. The molecule has 0 aliphatic rings. The lowest BCUT2D eigenvalue weighted by atomic mass is 9.97. The van der Waals surface area contributed by atoms with Crippen molar-refractivity contribution in [1.29, 1.82) is 0 Å². The number of benzene rings is 2. The smallest absolute Gasteiger partial charge is 0.341 e. The van der Waals surface area contributed by atoms with Crippen LogP contribution in [-0.2, 0) is 9.53 Å². The number of para-hydroxylation sites is 1. The highest BCUT2D eigenvalue weighted by molar-refractivity contribution is 5.96. The maximum Gasteiger partial charge on any atom is 0.341 e. The molecule has 2 rings (SSSR count). The first-order chi connectivity index (χ1) is 12.5. The fourth-order valence-electron chi connectivity index (χ4n) is 2.44. The third-order valence-corrected chi connectivity index (χ3v) is 4.11. The van der Waals surface area contributed by atoms with E-state index in [1.54, 1.807) is 6.07 Å². The normalized spacial score (nSPS) is 11.5. The van der Waals surface area contributed by atoms with Crippen LogP contribution in [0, 0.1) is 5.82 Å². The topological polar surface area (TPSA) is 64.6 Å². The number of carbonyl (C=O) groups excluding carboxylic acids is 2. The minimum Gasteiger partial charge on any atom is -0.497 e. The summed E-state index contributed by atoms with van der Waals surface area (Å²) >= 11 is 0. The van der Waals surface area contributed by atoms with E-state index in [1.807, 2.05) is 18.2 Å². The monoisotopic (exact) mass is 359 g/mol.